The number of nitrogens with zero attached hydrogens (tertiary/aromatic N) is 1. The fourth-order valence-electron chi connectivity index (χ4n) is 2.93. The summed E-state index contributed by atoms with van der Waals surface area (Å²) in [4.78, 5) is 14.1. The molecule has 1 saturated carbocycles. The molecule has 1 N–H and O–H groups in total. The van der Waals surface area contributed by atoms with Crippen molar-refractivity contribution in [2.45, 2.75) is 58.0 Å². The normalized spacial score (nSPS) is 37.3. The summed E-state index contributed by atoms with van der Waals surface area (Å²) in [6.45, 7) is 5.13. The van der Waals surface area contributed by atoms with Crippen LogP contribution in [0.3, 0.4) is 0 Å². The lowest BCUT2D eigenvalue weighted by Crippen LogP contribution is -2.43. The standard InChI is InChI=1S/C12H22N2O/c1-3-10-12(15)14(8-13-10)11-7-5-4-6-9(11)2/h9-11,13H,3-8H2,1-2H3. The van der Waals surface area contributed by atoms with Crippen LogP contribution in [-0.2, 0) is 4.79 Å². The molecule has 86 valence electrons. The molecule has 0 aromatic rings. The van der Waals surface area contributed by atoms with E-state index in [2.05, 4.69) is 24.1 Å². The molecule has 2 aliphatic rings. The average Bonchev–Trinajstić information content (AvgIpc) is 2.60. The maximum Gasteiger partial charge on any atom is 0.241 e. The molecule has 1 amide bonds. The zero-order chi connectivity index (χ0) is 10.8. The Bertz CT molecular complexity index is 242. The smallest absolute Gasteiger partial charge is 0.241 e. The number of hydrogen-bond acceptors (Lipinski definition) is 2. The molecule has 0 aromatic carbocycles. The van der Waals surface area contributed by atoms with E-state index >= 15 is 0 Å². The van der Waals surface area contributed by atoms with Crippen LogP contribution in [0.1, 0.15) is 46.0 Å². The first-order valence-corrected chi connectivity index (χ1v) is 6.28. The zero-order valence-corrected chi connectivity index (χ0v) is 9.83. The van der Waals surface area contributed by atoms with Crippen LogP contribution in [0.4, 0.5) is 0 Å². The van der Waals surface area contributed by atoms with E-state index in [0.717, 1.165) is 13.1 Å². The maximum atomic E-state index is 12.0. The molecule has 2 rings (SSSR count). The Morgan fingerprint density at radius 2 is 2.13 bits per heavy atom. The largest absolute Gasteiger partial charge is 0.325 e. The summed E-state index contributed by atoms with van der Waals surface area (Å²) in [5.74, 6) is 1.01. The molecule has 3 heteroatoms. The quantitative estimate of drug-likeness (QED) is 0.753. The summed E-state index contributed by atoms with van der Waals surface area (Å²) in [7, 11) is 0. The Hall–Kier alpha value is -0.570. The fourth-order valence-corrected chi connectivity index (χ4v) is 2.93. The number of carbonyl (C=O) groups is 1. The van der Waals surface area contributed by atoms with E-state index in [1.165, 1.54) is 25.7 Å². The second kappa shape index (κ2) is 4.52. The van der Waals surface area contributed by atoms with Gasteiger partial charge >= 0.3 is 0 Å². The molecule has 3 atom stereocenters. The first-order valence-electron chi connectivity index (χ1n) is 6.28. The third kappa shape index (κ3) is 2.03. The van der Waals surface area contributed by atoms with Gasteiger partial charge < -0.3 is 4.90 Å². The summed E-state index contributed by atoms with van der Waals surface area (Å²) in [5, 5.41) is 3.30. The molecule has 0 aromatic heterocycles. The molecular formula is C12H22N2O. The molecule has 2 fully saturated rings. The van der Waals surface area contributed by atoms with Crippen molar-refractivity contribution in [1.82, 2.24) is 10.2 Å². The zero-order valence-electron chi connectivity index (χ0n) is 9.83. The molecule has 3 nitrogen and oxygen atoms in total. The molecule has 1 aliphatic carbocycles. The lowest BCUT2D eigenvalue weighted by Gasteiger charge is -2.35. The van der Waals surface area contributed by atoms with Crippen LogP contribution >= 0.6 is 0 Å². The van der Waals surface area contributed by atoms with E-state index in [4.69, 9.17) is 0 Å². The number of amides is 1. The minimum atomic E-state index is 0.0825. The van der Waals surface area contributed by atoms with Crippen LogP contribution in [0.25, 0.3) is 0 Å². The van der Waals surface area contributed by atoms with Crippen LogP contribution in [0.5, 0.6) is 0 Å². The molecular weight excluding hydrogens is 188 g/mol. The Morgan fingerprint density at radius 3 is 2.73 bits per heavy atom. The number of nitrogens with one attached hydrogen (secondary N) is 1. The van der Waals surface area contributed by atoms with Crippen LogP contribution in [0.15, 0.2) is 0 Å². The monoisotopic (exact) mass is 210 g/mol. The topological polar surface area (TPSA) is 32.3 Å². The molecule has 3 unspecified atom stereocenters. The Kier molecular flexibility index (Phi) is 3.29. The van der Waals surface area contributed by atoms with Crippen molar-refractivity contribution in [3.8, 4) is 0 Å². The third-order valence-electron chi connectivity index (χ3n) is 3.96. The molecule has 0 bridgehead atoms. The number of rotatable bonds is 2. The lowest BCUT2D eigenvalue weighted by atomic mass is 9.85. The van der Waals surface area contributed by atoms with Crippen LogP contribution < -0.4 is 5.32 Å². The highest BCUT2D eigenvalue weighted by Crippen LogP contribution is 2.29. The van der Waals surface area contributed by atoms with Crippen molar-refractivity contribution in [3.05, 3.63) is 0 Å². The van der Waals surface area contributed by atoms with Crippen LogP contribution in [0, 0.1) is 5.92 Å². The molecule has 0 spiro atoms. The minimum Gasteiger partial charge on any atom is -0.325 e. The Morgan fingerprint density at radius 1 is 1.40 bits per heavy atom. The van der Waals surface area contributed by atoms with E-state index in [1.54, 1.807) is 0 Å². The molecule has 1 heterocycles. The number of carbonyl (C=O) groups excluding carboxylic acids is 1. The van der Waals surface area contributed by atoms with Gasteiger partial charge in [0.05, 0.1) is 12.7 Å². The number of hydrogen-bond donors (Lipinski definition) is 1. The van der Waals surface area contributed by atoms with Crippen molar-refractivity contribution < 1.29 is 4.79 Å². The van der Waals surface area contributed by atoms with Gasteiger partial charge in [0.1, 0.15) is 0 Å². The maximum absolute atomic E-state index is 12.0. The van der Waals surface area contributed by atoms with Crippen molar-refractivity contribution in [2.24, 2.45) is 5.92 Å². The lowest BCUT2D eigenvalue weighted by molar-refractivity contribution is -0.132. The predicted octanol–water partition coefficient (Wildman–Crippen LogP) is 1.73. The Labute approximate surface area is 92.2 Å². The van der Waals surface area contributed by atoms with Gasteiger partial charge in [-0.25, -0.2) is 0 Å². The summed E-state index contributed by atoms with van der Waals surface area (Å²) in [6.07, 6.45) is 6.02. The van der Waals surface area contributed by atoms with E-state index in [1.807, 2.05) is 0 Å². The second-order valence-corrected chi connectivity index (χ2v) is 4.96. The van der Waals surface area contributed by atoms with Gasteiger partial charge in [0.25, 0.3) is 0 Å². The van der Waals surface area contributed by atoms with Gasteiger partial charge in [-0.2, -0.15) is 0 Å². The summed E-state index contributed by atoms with van der Waals surface area (Å²) >= 11 is 0. The van der Waals surface area contributed by atoms with Gasteiger partial charge in [-0.15, -0.1) is 0 Å². The fraction of sp³-hybridized carbons (Fsp3) is 0.917. The summed E-state index contributed by atoms with van der Waals surface area (Å²) < 4.78 is 0. The van der Waals surface area contributed by atoms with Crippen molar-refractivity contribution in [2.75, 3.05) is 6.67 Å². The van der Waals surface area contributed by atoms with E-state index < -0.39 is 0 Å². The highest BCUT2D eigenvalue weighted by Gasteiger charge is 2.37. The van der Waals surface area contributed by atoms with Gasteiger partial charge in [0, 0.05) is 6.04 Å². The average molecular weight is 210 g/mol. The van der Waals surface area contributed by atoms with Gasteiger partial charge in [-0.3, -0.25) is 10.1 Å². The summed E-state index contributed by atoms with van der Waals surface area (Å²) in [5.41, 5.74) is 0. The van der Waals surface area contributed by atoms with Crippen molar-refractivity contribution in [1.29, 1.82) is 0 Å². The molecule has 1 saturated heterocycles. The van der Waals surface area contributed by atoms with Gasteiger partial charge in [-0.05, 0) is 25.2 Å². The third-order valence-corrected chi connectivity index (χ3v) is 3.96. The van der Waals surface area contributed by atoms with Gasteiger partial charge in [-0.1, -0.05) is 26.7 Å². The van der Waals surface area contributed by atoms with Gasteiger partial charge in [0.15, 0.2) is 0 Å². The van der Waals surface area contributed by atoms with Crippen molar-refractivity contribution in [3.63, 3.8) is 0 Å². The van der Waals surface area contributed by atoms with Crippen LogP contribution in [-0.4, -0.2) is 29.6 Å². The second-order valence-electron chi connectivity index (χ2n) is 4.96. The van der Waals surface area contributed by atoms with Gasteiger partial charge in [0.2, 0.25) is 5.91 Å². The molecule has 0 radical (unpaired) electrons. The first kappa shape index (κ1) is 10.9. The highest BCUT2D eigenvalue weighted by atomic mass is 16.2. The molecule has 1 aliphatic heterocycles. The van der Waals surface area contributed by atoms with E-state index in [9.17, 15) is 4.79 Å². The van der Waals surface area contributed by atoms with E-state index in [-0.39, 0.29) is 6.04 Å². The highest BCUT2D eigenvalue weighted by molar-refractivity contribution is 5.84. The molecule has 15 heavy (non-hydrogen) atoms. The van der Waals surface area contributed by atoms with E-state index in [0.29, 0.717) is 17.9 Å². The predicted molar refractivity (Wildman–Crippen MR) is 60.3 cm³/mol. The SMILES string of the molecule is CCC1NCN(C2CCCCC2C)C1=O. The summed E-state index contributed by atoms with van der Waals surface area (Å²) in [6, 6.07) is 0.578. The first-order chi connectivity index (χ1) is 7.24. The van der Waals surface area contributed by atoms with Crippen molar-refractivity contribution >= 4 is 5.91 Å². The van der Waals surface area contributed by atoms with Crippen LogP contribution in [0.2, 0.25) is 0 Å². The minimum absolute atomic E-state index is 0.0825. The Balaban J connectivity index is 2.01.